The van der Waals surface area contributed by atoms with Crippen molar-refractivity contribution in [1.82, 2.24) is 0 Å². The van der Waals surface area contributed by atoms with Crippen LogP contribution in [0, 0.1) is 35.0 Å². The molecule has 34 heavy (non-hydrogen) atoms. The van der Waals surface area contributed by atoms with Crippen LogP contribution in [-0.2, 0) is 23.9 Å². The molecule has 1 heterocycles. The average Bonchev–Trinajstić information content (AvgIpc) is 2.81. The van der Waals surface area contributed by atoms with Crippen LogP contribution in [0.15, 0.2) is 5.16 Å². The number of carbonyl (C=O) groups is 2. The molecular formula is C26H47NO6S. The maximum Gasteiger partial charge on any atom is 0.316 e. The van der Waals surface area contributed by atoms with Crippen molar-refractivity contribution < 1.29 is 29.0 Å². The van der Waals surface area contributed by atoms with Crippen molar-refractivity contribution in [2.75, 3.05) is 19.3 Å². The highest BCUT2D eigenvalue weighted by atomic mass is 32.2. The van der Waals surface area contributed by atoms with Gasteiger partial charge >= 0.3 is 5.97 Å². The number of oxime groups is 1. The van der Waals surface area contributed by atoms with E-state index < -0.39 is 41.0 Å². The number of aliphatic hydroxyl groups is 1. The molecule has 1 rings (SSSR count). The van der Waals surface area contributed by atoms with E-state index in [2.05, 4.69) is 12.1 Å². The molecule has 0 spiro atoms. The molecule has 0 amide bonds. The predicted molar refractivity (Wildman–Crippen MR) is 138 cm³/mol. The summed E-state index contributed by atoms with van der Waals surface area (Å²) >= 11 is 1.52. The van der Waals surface area contributed by atoms with Gasteiger partial charge in [-0.2, -0.15) is 0 Å². The van der Waals surface area contributed by atoms with Gasteiger partial charge < -0.3 is 19.4 Å². The maximum absolute atomic E-state index is 13.3. The smallest absolute Gasteiger partial charge is 0.316 e. The van der Waals surface area contributed by atoms with Gasteiger partial charge in [0.25, 0.3) is 0 Å². The number of hydrogen-bond acceptors (Lipinski definition) is 8. The van der Waals surface area contributed by atoms with Crippen molar-refractivity contribution in [3.63, 3.8) is 0 Å². The average molecular weight is 502 g/mol. The standard InChI is InChI=1S/C26H47NO6S/c1-12-20-25(7,8)23(29)17(4)21(27-32-14-34-11)15(2)13-26(9,31-10)19(6)16(3)22(28)18(5)24(30)33-20/h15-20,23,29H,12-14H2,1-11H3/b27-21+/t15-,16-,17?,18?,19-,20-,23?,26-/m1/s1. The van der Waals surface area contributed by atoms with E-state index in [9.17, 15) is 14.7 Å². The first-order valence-corrected chi connectivity index (χ1v) is 13.7. The van der Waals surface area contributed by atoms with Crippen LogP contribution in [0.25, 0.3) is 0 Å². The Morgan fingerprint density at radius 1 is 1.12 bits per heavy atom. The molecule has 8 heteroatoms. The normalized spacial score (nSPS) is 39.4. The van der Waals surface area contributed by atoms with Crippen LogP contribution in [0.1, 0.15) is 75.2 Å². The minimum atomic E-state index is -0.893. The molecule has 1 aliphatic heterocycles. The minimum absolute atomic E-state index is 0.0833. The predicted octanol–water partition coefficient (Wildman–Crippen LogP) is 4.95. The Hall–Kier alpha value is -1.12. The zero-order valence-electron chi connectivity index (χ0n) is 23.0. The lowest BCUT2D eigenvalue weighted by Crippen LogP contribution is -2.51. The lowest BCUT2D eigenvalue weighted by atomic mass is 9.69. The number of thioether (sulfide) groups is 1. The topological polar surface area (TPSA) is 94.4 Å². The number of ketones is 1. The molecule has 0 saturated carbocycles. The Kier molecular flexibility index (Phi) is 11.6. The van der Waals surface area contributed by atoms with Crippen LogP contribution in [0.5, 0.6) is 0 Å². The van der Waals surface area contributed by atoms with E-state index in [0.717, 1.165) is 5.71 Å². The van der Waals surface area contributed by atoms with Gasteiger partial charge in [0.15, 0.2) is 5.94 Å². The van der Waals surface area contributed by atoms with Gasteiger partial charge in [0.1, 0.15) is 17.8 Å². The van der Waals surface area contributed by atoms with E-state index in [1.54, 1.807) is 14.0 Å². The second-order valence-electron chi connectivity index (χ2n) is 10.8. The lowest BCUT2D eigenvalue weighted by molar-refractivity contribution is -0.169. The molecule has 8 atom stereocenters. The molecular weight excluding hydrogens is 454 g/mol. The minimum Gasteiger partial charge on any atom is -0.461 e. The van der Waals surface area contributed by atoms with Gasteiger partial charge in [0, 0.05) is 30.3 Å². The number of cyclic esters (lactones) is 1. The van der Waals surface area contributed by atoms with E-state index in [0.29, 0.717) is 18.8 Å². The molecule has 3 unspecified atom stereocenters. The Morgan fingerprint density at radius 2 is 1.71 bits per heavy atom. The summed E-state index contributed by atoms with van der Waals surface area (Å²) in [5.41, 5.74) is -0.704. The second kappa shape index (κ2) is 12.7. The molecule has 0 aromatic rings. The summed E-state index contributed by atoms with van der Waals surface area (Å²) in [6.45, 7) is 17.1. The van der Waals surface area contributed by atoms with Crippen LogP contribution in [0.2, 0.25) is 0 Å². The van der Waals surface area contributed by atoms with Crippen molar-refractivity contribution in [2.45, 2.75) is 93.0 Å². The van der Waals surface area contributed by atoms with Crippen LogP contribution >= 0.6 is 11.8 Å². The van der Waals surface area contributed by atoms with E-state index >= 15 is 0 Å². The summed E-state index contributed by atoms with van der Waals surface area (Å²) in [5.74, 6) is -2.22. The third-order valence-electron chi connectivity index (χ3n) is 8.13. The molecule has 7 nitrogen and oxygen atoms in total. The second-order valence-corrected chi connectivity index (χ2v) is 11.6. The summed E-state index contributed by atoms with van der Waals surface area (Å²) in [6.07, 6.45) is 1.61. The summed E-state index contributed by atoms with van der Waals surface area (Å²) in [5, 5.41) is 16.0. The monoisotopic (exact) mass is 501 g/mol. The highest BCUT2D eigenvalue weighted by Gasteiger charge is 2.47. The molecule has 1 saturated heterocycles. The number of esters is 1. The fourth-order valence-corrected chi connectivity index (χ4v) is 5.39. The largest absolute Gasteiger partial charge is 0.461 e. The molecule has 0 bridgehead atoms. The van der Waals surface area contributed by atoms with Crippen LogP contribution < -0.4 is 0 Å². The molecule has 0 radical (unpaired) electrons. The maximum atomic E-state index is 13.3. The van der Waals surface area contributed by atoms with E-state index in [-0.39, 0.29) is 23.5 Å². The van der Waals surface area contributed by atoms with Gasteiger partial charge in [-0.05, 0) is 38.9 Å². The first-order chi connectivity index (χ1) is 15.7. The number of aliphatic hydroxyl groups excluding tert-OH is 1. The van der Waals surface area contributed by atoms with Crippen LogP contribution in [0.4, 0.5) is 0 Å². The van der Waals surface area contributed by atoms with Gasteiger partial charge in [0.2, 0.25) is 0 Å². The summed E-state index contributed by atoms with van der Waals surface area (Å²) in [4.78, 5) is 31.9. The SMILES string of the molecule is CC[C@H]1OC(=O)C(C)C(=O)[C@H](C)[C@@H](C)[C@](C)(OC)C[C@@H](C)/C(=N\OCSC)C(C)C(O)C1(C)C. The summed E-state index contributed by atoms with van der Waals surface area (Å²) < 4.78 is 11.8. The molecule has 0 aromatic heterocycles. The van der Waals surface area contributed by atoms with Gasteiger partial charge in [-0.3, -0.25) is 9.59 Å². The van der Waals surface area contributed by atoms with Gasteiger partial charge in [-0.15, -0.1) is 11.8 Å². The number of nitrogens with zero attached hydrogens (tertiary/aromatic N) is 1. The number of Topliss-reactive ketones (excluding diaryl/α,β-unsaturated/α-hetero) is 1. The Morgan fingerprint density at radius 3 is 2.21 bits per heavy atom. The quantitative estimate of drug-likeness (QED) is 0.187. The molecule has 1 fully saturated rings. The third-order valence-corrected chi connectivity index (χ3v) is 8.47. The third kappa shape index (κ3) is 6.76. The number of methoxy groups -OCH3 is 1. The van der Waals surface area contributed by atoms with E-state index in [1.165, 1.54) is 11.8 Å². The fraction of sp³-hybridized carbons (Fsp3) is 0.885. The molecule has 0 aromatic carbocycles. The number of carbonyl (C=O) groups excluding carboxylic acids is 2. The molecule has 1 N–H and O–H groups in total. The number of hydrogen-bond donors (Lipinski definition) is 1. The van der Waals surface area contributed by atoms with Gasteiger partial charge in [0.05, 0.1) is 17.4 Å². The van der Waals surface area contributed by atoms with Crippen molar-refractivity contribution >= 4 is 29.2 Å². The van der Waals surface area contributed by atoms with Crippen LogP contribution in [0.3, 0.4) is 0 Å². The first-order valence-electron chi connectivity index (χ1n) is 12.4. The van der Waals surface area contributed by atoms with Crippen molar-refractivity contribution in [3.8, 4) is 0 Å². The summed E-state index contributed by atoms with van der Waals surface area (Å²) in [7, 11) is 1.65. The zero-order chi connectivity index (χ0) is 26.4. The highest BCUT2D eigenvalue weighted by Crippen LogP contribution is 2.40. The van der Waals surface area contributed by atoms with E-state index in [4.69, 9.17) is 14.3 Å². The fourth-order valence-electron chi connectivity index (χ4n) is 5.23. The van der Waals surface area contributed by atoms with Crippen molar-refractivity contribution in [1.29, 1.82) is 0 Å². The first kappa shape index (κ1) is 30.9. The Bertz CT molecular complexity index is 726. The molecule has 0 aliphatic carbocycles. The summed E-state index contributed by atoms with van der Waals surface area (Å²) in [6, 6.07) is 0. The number of rotatable bonds is 5. The molecule has 198 valence electrons. The van der Waals surface area contributed by atoms with Crippen molar-refractivity contribution in [3.05, 3.63) is 0 Å². The van der Waals surface area contributed by atoms with Crippen LogP contribution in [-0.4, -0.2) is 59.7 Å². The highest BCUT2D eigenvalue weighted by molar-refractivity contribution is 7.98. The van der Waals surface area contributed by atoms with Gasteiger partial charge in [-0.25, -0.2) is 0 Å². The van der Waals surface area contributed by atoms with E-state index in [1.807, 2.05) is 54.7 Å². The number of ether oxygens (including phenoxy) is 2. The molecule has 1 aliphatic rings. The zero-order valence-corrected chi connectivity index (χ0v) is 23.8. The van der Waals surface area contributed by atoms with Gasteiger partial charge in [-0.1, -0.05) is 53.6 Å². The van der Waals surface area contributed by atoms with Crippen molar-refractivity contribution in [2.24, 2.45) is 40.2 Å². The Balaban J connectivity index is 3.63. The lowest BCUT2D eigenvalue weighted by Gasteiger charge is -2.43. The Labute approximate surface area is 210 Å².